The van der Waals surface area contributed by atoms with E-state index in [1.165, 1.54) is 5.56 Å². The highest BCUT2D eigenvalue weighted by atomic mass is 16.5. The molecule has 0 radical (unpaired) electrons. The second-order valence-corrected chi connectivity index (χ2v) is 3.48. The standard InChI is InChI=1S/C11H16O.CO2/c1-10(2)8-12-9-11-6-4-3-5-7-11;2-1-3/h3-7,10H,8-9H2,1-2H3;. The molecule has 3 heteroatoms. The van der Waals surface area contributed by atoms with Gasteiger partial charge in [-0.15, -0.1) is 0 Å². The van der Waals surface area contributed by atoms with Crippen molar-refractivity contribution in [3.63, 3.8) is 0 Å². The minimum Gasteiger partial charge on any atom is -0.377 e. The third-order valence-corrected chi connectivity index (χ3v) is 1.56. The number of ether oxygens (including phenoxy) is 1. The fraction of sp³-hybridized carbons (Fsp3) is 0.417. The zero-order valence-corrected chi connectivity index (χ0v) is 9.10. The molecule has 0 N–H and O–H groups in total. The molecule has 15 heavy (non-hydrogen) atoms. The second-order valence-electron chi connectivity index (χ2n) is 3.48. The topological polar surface area (TPSA) is 43.4 Å². The first-order valence-electron chi connectivity index (χ1n) is 4.81. The average molecular weight is 208 g/mol. The molecule has 1 aromatic carbocycles. The van der Waals surface area contributed by atoms with E-state index in [9.17, 15) is 0 Å². The van der Waals surface area contributed by atoms with Crippen LogP contribution in [0.3, 0.4) is 0 Å². The van der Waals surface area contributed by atoms with E-state index in [2.05, 4.69) is 26.0 Å². The molecule has 0 aliphatic carbocycles. The third kappa shape index (κ3) is 8.88. The Hall–Kier alpha value is -1.44. The van der Waals surface area contributed by atoms with Crippen molar-refractivity contribution in [1.29, 1.82) is 0 Å². The first kappa shape index (κ1) is 13.6. The monoisotopic (exact) mass is 208 g/mol. The molecule has 0 bridgehead atoms. The maximum absolute atomic E-state index is 8.12. The normalized spacial score (nSPS) is 9.00. The van der Waals surface area contributed by atoms with Crippen molar-refractivity contribution in [2.75, 3.05) is 6.61 Å². The van der Waals surface area contributed by atoms with Crippen LogP contribution in [-0.4, -0.2) is 12.8 Å². The lowest BCUT2D eigenvalue weighted by atomic mass is 10.2. The minimum absolute atomic E-state index is 0.250. The lowest BCUT2D eigenvalue weighted by Gasteiger charge is -2.05. The van der Waals surface area contributed by atoms with Crippen LogP contribution in [0.5, 0.6) is 0 Å². The molecule has 0 aliphatic heterocycles. The Labute approximate surface area is 90.1 Å². The fourth-order valence-corrected chi connectivity index (χ4v) is 0.987. The van der Waals surface area contributed by atoms with Gasteiger partial charge in [0.25, 0.3) is 0 Å². The summed E-state index contributed by atoms with van der Waals surface area (Å²) in [6.45, 7) is 5.89. The maximum atomic E-state index is 8.12. The first-order valence-corrected chi connectivity index (χ1v) is 4.81. The highest BCUT2D eigenvalue weighted by Gasteiger charge is 1.94. The van der Waals surface area contributed by atoms with E-state index in [0.29, 0.717) is 5.92 Å². The first-order chi connectivity index (χ1) is 7.20. The molecule has 1 rings (SSSR count). The number of rotatable bonds is 4. The number of hydrogen-bond acceptors (Lipinski definition) is 3. The van der Waals surface area contributed by atoms with Crippen LogP contribution in [0.1, 0.15) is 19.4 Å². The second kappa shape index (κ2) is 9.13. The quantitative estimate of drug-likeness (QED) is 0.762. The van der Waals surface area contributed by atoms with Crippen LogP contribution in [0.15, 0.2) is 30.3 Å². The van der Waals surface area contributed by atoms with Crippen molar-refractivity contribution in [3.05, 3.63) is 35.9 Å². The molecule has 0 spiro atoms. The predicted molar refractivity (Wildman–Crippen MR) is 55.9 cm³/mol. The summed E-state index contributed by atoms with van der Waals surface area (Å²) in [6.07, 6.45) is 0.250. The Bertz CT molecular complexity index is 274. The molecule has 0 unspecified atom stereocenters. The van der Waals surface area contributed by atoms with Crippen molar-refractivity contribution in [3.8, 4) is 0 Å². The highest BCUT2D eigenvalue weighted by molar-refractivity contribution is 5.20. The van der Waals surface area contributed by atoms with Gasteiger partial charge in [0.1, 0.15) is 0 Å². The van der Waals surface area contributed by atoms with Crippen LogP contribution < -0.4 is 0 Å². The number of carbonyl (C=O) groups excluding carboxylic acids is 2. The van der Waals surface area contributed by atoms with Gasteiger partial charge in [0, 0.05) is 6.61 Å². The van der Waals surface area contributed by atoms with Crippen molar-refractivity contribution in [1.82, 2.24) is 0 Å². The summed E-state index contributed by atoms with van der Waals surface area (Å²) in [5, 5.41) is 0. The van der Waals surface area contributed by atoms with E-state index in [1.807, 2.05) is 18.2 Å². The summed E-state index contributed by atoms with van der Waals surface area (Å²) >= 11 is 0. The van der Waals surface area contributed by atoms with Crippen LogP contribution in [0, 0.1) is 5.92 Å². The summed E-state index contributed by atoms with van der Waals surface area (Å²) < 4.78 is 5.48. The average Bonchev–Trinajstić information content (AvgIpc) is 2.20. The minimum atomic E-state index is 0.250. The fourth-order valence-electron chi connectivity index (χ4n) is 0.987. The molecule has 1 aromatic rings. The largest absolute Gasteiger partial charge is 0.377 e. The third-order valence-electron chi connectivity index (χ3n) is 1.56. The molecule has 3 nitrogen and oxygen atoms in total. The smallest absolute Gasteiger partial charge is 0.373 e. The van der Waals surface area contributed by atoms with E-state index in [4.69, 9.17) is 14.3 Å². The summed E-state index contributed by atoms with van der Waals surface area (Å²) in [6, 6.07) is 10.3. The van der Waals surface area contributed by atoms with Crippen LogP contribution in [0.25, 0.3) is 0 Å². The maximum Gasteiger partial charge on any atom is 0.373 e. The van der Waals surface area contributed by atoms with Gasteiger partial charge in [-0.2, -0.15) is 9.59 Å². The van der Waals surface area contributed by atoms with Gasteiger partial charge < -0.3 is 4.74 Å². The Morgan fingerprint density at radius 2 is 1.73 bits per heavy atom. The molecule has 0 saturated heterocycles. The summed E-state index contributed by atoms with van der Waals surface area (Å²) in [4.78, 5) is 16.2. The van der Waals surface area contributed by atoms with Gasteiger partial charge in [-0.05, 0) is 11.5 Å². The molecule has 0 fully saturated rings. The molecule has 0 saturated carbocycles. The SMILES string of the molecule is CC(C)COCc1ccccc1.O=C=O. The van der Waals surface area contributed by atoms with E-state index in [0.717, 1.165) is 13.2 Å². The number of hydrogen-bond donors (Lipinski definition) is 0. The van der Waals surface area contributed by atoms with E-state index >= 15 is 0 Å². The molecule has 0 atom stereocenters. The molecular formula is C12H16O3. The van der Waals surface area contributed by atoms with Crippen LogP contribution >= 0.6 is 0 Å². The Morgan fingerprint density at radius 3 is 2.20 bits per heavy atom. The predicted octanol–water partition coefficient (Wildman–Crippen LogP) is 2.28. The zero-order chi connectivity index (χ0) is 11.5. The summed E-state index contributed by atoms with van der Waals surface area (Å²) in [5.74, 6) is 0.619. The Morgan fingerprint density at radius 1 is 1.20 bits per heavy atom. The van der Waals surface area contributed by atoms with E-state index in [-0.39, 0.29) is 6.15 Å². The van der Waals surface area contributed by atoms with Gasteiger partial charge in [-0.25, -0.2) is 0 Å². The van der Waals surface area contributed by atoms with Crippen molar-refractivity contribution < 1.29 is 14.3 Å². The van der Waals surface area contributed by atoms with E-state index in [1.54, 1.807) is 0 Å². The van der Waals surface area contributed by atoms with Gasteiger partial charge in [-0.1, -0.05) is 44.2 Å². The molecule has 0 amide bonds. The molecule has 82 valence electrons. The molecule has 0 heterocycles. The van der Waals surface area contributed by atoms with E-state index < -0.39 is 0 Å². The van der Waals surface area contributed by atoms with Crippen LogP contribution in [0.4, 0.5) is 0 Å². The molecule has 0 aromatic heterocycles. The van der Waals surface area contributed by atoms with Gasteiger partial charge >= 0.3 is 6.15 Å². The van der Waals surface area contributed by atoms with Crippen molar-refractivity contribution >= 4 is 6.15 Å². The molecule has 0 aliphatic rings. The van der Waals surface area contributed by atoms with Crippen molar-refractivity contribution in [2.45, 2.75) is 20.5 Å². The Balaban J connectivity index is 0.000000583. The Kier molecular flexibility index (Phi) is 8.25. The number of benzene rings is 1. The lowest BCUT2D eigenvalue weighted by molar-refractivity contribution is -0.191. The van der Waals surface area contributed by atoms with Crippen LogP contribution in [0.2, 0.25) is 0 Å². The van der Waals surface area contributed by atoms with Gasteiger partial charge in [-0.3, -0.25) is 0 Å². The van der Waals surface area contributed by atoms with Crippen molar-refractivity contribution in [2.24, 2.45) is 5.92 Å². The zero-order valence-electron chi connectivity index (χ0n) is 9.10. The van der Waals surface area contributed by atoms with Gasteiger partial charge in [0.05, 0.1) is 6.61 Å². The highest BCUT2D eigenvalue weighted by Crippen LogP contribution is 2.02. The van der Waals surface area contributed by atoms with Gasteiger partial charge in [0.15, 0.2) is 0 Å². The summed E-state index contributed by atoms with van der Waals surface area (Å²) in [5.41, 5.74) is 1.25. The van der Waals surface area contributed by atoms with Gasteiger partial charge in [0.2, 0.25) is 0 Å². The lowest BCUT2D eigenvalue weighted by Crippen LogP contribution is -2.01. The van der Waals surface area contributed by atoms with Crippen LogP contribution in [-0.2, 0) is 20.9 Å². The molecular weight excluding hydrogens is 192 g/mol. The summed E-state index contributed by atoms with van der Waals surface area (Å²) in [7, 11) is 0.